The van der Waals surface area contributed by atoms with Crippen molar-refractivity contribution in [3.05, 3.63) is 15.5 Å². The van der Waals surface area contributed by atoms with Gasteiger partial charge in [-0.2, -0.15) is 0 Å². The van der Waals surface area contributed by atoms with Crippen LogP contribution in [0.3, 0.4) is 0 Å². The first kappa shape index (κ1) is 9.36. The molecule has 0 fully saturated rings. The van der Waals surface area contributed by atoms with Crippen LogP contribution in [-0.4, -0.2) is 4.98 Å². The fraction of sp³-hybridized carbons (Fsp3) is 0.250. The summed E-state index contributed by atoms with van der Waals surface area (Å²) in [4.78, 5) is 4.81. The summed E-state index contributed by atoms with van der Waals surface area (Å²) in [5.41, 5.74) is 5.27. The molecule has 0 saturated heterocycles. The molecular formula is C4H6BrClN2S. The predicted octanol–water partition coefficient (Wildman–Crippen LogP) is 1.83. The maximum atomic E-state index is 5.49. The molecule has 1 aromatic heterocycles. The molecule has 1 heterocycles. The van der Waals surface area contributed by atoms with Crippen molar-refractivity contribution in [3.63, 3.8) is 0 Å². The van der Waals surface area contributed by atoms with Gasteiger partial charge in [0.1, 0.15) is 0 Å². The average molecular weight is 230 g/mol. The highest BCUT2D eigenvalue weighted by molar-refractivity contribution is 8.93. The Labute approximate surface area is 72.8 Å². The topological polar surface area (TPSA) is 38.9 Å². The normalized spacial score (nSPS) is 8.67. The van der Waals surface area contributed by atoms with E-state index in [0.29, 0.717) is 11.0 Å². The van der Waals surface area contributed by atoms with E-state index in [2.05, 4.69) is 4.98 Å². The summed E-state index contributed by atoms with van der Waals surface area (Å²) in [5, 5.41) is 0. The largest absolute Gasteiger partial charge is 0.326 e. The average Bonchev–Trinajstić information content (AvgIpc) is 2.14. The van der Waals surface area contributed by atoms with Crippen molar-refractivity contribution >= 4 is 39.9 Å². The lowest BCUT2D eigenvalue weighted by Gasteiger charge is -1.78. The molecule has 0 saturated carbocycles. The first-order valence-corrected chi connectivity index (χ1v) is 3.32. The van der Waals surface area contributed by atoms with Crippen molar-refractivity contribution in [2.45, 2.75) is 6.54 Å². The number of nitrogens with two attached hydrogens (primary N) is 1. The highest BCUT2D eigenvalue weighted by Gasteiger charge is 1.93. The molecule has 0 radical (unpaired) electrons. The Morgan fingerprint density at radius 1 is 1.78 bits per heavy atom. The Bertz CT molecular complexity index is 179. The maximum Gasteiger partial charge on any atom is 0.183 e. The number of nitrogens with zero attached hydrogens (tertiary/aromatic N) is 1. The Balaban J connectivity index is 0.000000640. The Morgan fingerprint density at radius 2 is 2.44 bits per heavy atom. The Morgan fingerprint density at radius 3 is 2.67 bits per heavy atom. The number of hydrogen-bond donors (Lipinski definition) is 1. The molecule has 0 atom stereocenters. The third-order valence-corrected chi connectivity index (χ3v) is 1.86. The van der Waals surface area contributed by atoms with Crippen LogP contribution in [0, 0.1) is 0 Å². The van der Waals surface area contributed by atoms with Crippen molar-refractivity contribution in [1.82, 2.24) is 4.98 Å². The van der Waals surface area contributed by atoms with Gasteiger partial charge in [-0.1, -0.05) is 11.6 Å². The molecule has 5 heteroatoms. The zero-order valence-electron chi connectivity index (χ0n) is 4.50. The lowest BCUT2D eigenvalue weighted by atomic mass is 10.6. The number of halogens is 2. The zero-order valence-corrected chi connectivity index (χ0v) is 7.79. The van der Waals surface area contributed by atoms with Crippen LogP contribution in [0.5, 0.6) is 0 Å². The van der Waals surface area contributed by atoms with E-state index in [0.717, 1.165) is 4.88 Å². The van der Waals surface area contributed by atoms with Gasteiger partial charge in [-0.3, -0.25) is 0 Å². The van der Waals surface area contributed by atoms with Crippen molar-refractivity contribution < 1.29 is 0 Å². The monoisotopic (exact) mass is 228 g/mol. The van der Waals surface area contributed by atoms with E-state index in [4.69, 9.17) is 17.3 Å². The minimum Gasteiger partial charge on any atom is -0.326 e. The van der Waals surface area contributed by atoms with Gasteiger partial charge < -0.3 is 5.73 Å². The molecular weight excluding hydrogens is 223 g/mol. The minimum absolute atomic E-state index is 0. The van der Waals surface area contributed by atoms with E-state index in [1.54, 1.807) is 6.20 Å². The van der Waals surface area contributed by atoms with Gasteiger partial charge >= 0.3 is 0 Å². The zero-order chi connectivity index (χ0) is 5.98. The van der Waals surface area contributed by atoms with E-state index in [9.17, 15) is 0 Å². The fourth-order valence-corrected chi connectivity index (χ4v) is 1.23. The summed E-state index contributed by atoms with van der Waals surface area (Å²) in [5.74, 6) is 0. The SMILES string of the molecule is Br.NCc1cnc(Cl)s1. The molecule has 0 aliphatic rings. The molecule has 0 amide bonds. The van der Waals surface area contributed by atoms with Gasteiger partial charge in [-0.25, -0.2) is 4.98 Å². The van der Waals surface area contributed by atoms with Gasteiger partial charge in [0.15, 0.2) is 4.47 Å². The Kier molecular flexibility index (Phi) is 4.39. The summed E-state index contributed by atoms with van der Waals surface area (Å²) >= 11 is 6.91. The fourth-order valence-electron chi connectivity index (χ4n) is 0.378. The lowest BCUT2D eigenvalue weighted by molar-refractivity contribution is 1.10. The predicted molar refractivity (Wildman–Crippen MR) is 45.3 cm³/mol. The minimum atomic E-state index is 0. The second kappa shape index (κ2) is 4.22. The second-order valence-corrected chi connectivity index (χ2v) is 2.98. The third kappa shape index (κ3) is 2.62. The van der Waals surface area contributed by atoms with Gasteiger partial charge in [0.2, 0.25) is 0 Å². The number of rotatable bonds is 1. The molecule has 2 N–H and O–H groups in total. The van der Waals surface area contributed by atoms with E-state index >= 15 is 0 Å². The van der Waals surface area contributed by atoms with Crippen LogP contribution in [0.2, 0.25) is 4.47 Å². The molecule has 2 nitrogen and oxygen atoms in total. The molecule has 0 spiro atoms. The highest BCUT2D eigenvalue weighted by atomic mass is 79.9. The van der Waals surface area contributed by atoms with Crippen LogP contribution in [0.1, 0.15) is 4.88 Å². The first-order valence-electron chi connectivity index (χ1n) is 2.13. The van der Waals surface area contributed by atoms with Crippen molar-refractivity contribution in [3.8, 4) is 0 Å². The molecule has 52 valence electrons. The third-order valence-electron chi connectivity index (χ3n) is 0.727. The molecule has 0 unspecified atom stereocenters. The summed E-state index contributed by atoms with van der Waals surface area (Å²) in [6, 6.07) is 0. The van der Waals surface area contributed by atoms with Crippen molar-refractivity contribution in [2.24, 2.45) is 5.73 Å². The van der Waals surface area contributed by atoms with E-state index in [1.807, 2.05) is 0 Å². The van der Waals surface area contributed by atoms with Crippen LogP contribution in [0.25, 0.3) is 0 Å². The molecule has 0 aliphatic heterocycles. The van der Waals surface area contributed by atoms with E-state index in [-0.39, 0.29) is 17.0 Å². The Hall–Kier alpha value is 0.360. The van der Waals surface area contributed by atoms with Crippen LogP contribution in [0.4, 0.5) is 0 Å². The van der Waals surface area contributed by atoms with Crippen LogP contribution in [-0.2, 0) is 6.54 Å². The van der Waals surface area contributed by atoms with E-state index < -0.39 is 0 Å². The van der Waals surface area contributed by atoms with Gasteiger partial charge in [0.05, 0.1) is 0 Å². The molecule has 1 aromatic rings. The van der Waals surface area contributed by atoms with Crippen molar-refractivity contribution in [2.75, 3.05) is 0 Å². The van der Waals surface area contributed by atoms with Gasteiger partial charge in [0.25, 0.3) is 0 Å². The van der Waals surface area contributed by atoms with Crippen LogP contribution >= 0.6 is 39.9 Å². The number of thiazole rings is 1. The lowest BCUT2D eigenvalue weighted by Crippen LogP contribution is -1.91. The maximum absolute atomic E-state index is 5.49. The molecule has 0 aliphatic carbocycles. The number of hydrogen-bond acceptors (Lipinski definition) is 3. The van der Waals surface area contributed by atoms with Gasteiger partial charge in [-0.05, 0) is 0 Å². The van der Waals surface area contributed by atoms with E-state index in [1.165, 1.54) is 11.3 Å². The van der Waals surface area contributed by atoms with Crippen molar-refractivity contribution in [1.29, 1.82) is 0 Å². The summed E-state index contributed by atoms with van der Waals surface area (Å²) in [6.45, 7) is 0.532. The second-order valence-electron chi connectivity index (χ2n) is 1.28. The standard InChI is InChI=1S/C4H5ClN2S.BrH/c5-4-7-2-3(1-6)8-4;/h2H,1,6H2;1H. The highest BCUT2D eigenvalue weighted by Crippen LogP contribution is 2.16. The summed E-state index contributed by atoms with van der Waals surface area (Å²) < 4.78 is 0.561. The molecule has 9 heavy (non-hydrogen) atoms. The van der Waals surface area contributed by atoms with Gasteiger partial charge in [0, 0.05) is 17.6 Å². The van der Waals surface area contributed by atoms with Crippen LogP contribution < -0.4 is 5.73 Å². The van der Waals surface area contributed by atoms with Crippen LogP contribution in [0.15, 0.2) is 6.20 Å². The number of aromatic nitrogens is 1. The quantitative estimate of drug-likeness (QED) is 0.798. The molecule has 0 aromatic carbocycles. The van der Waals surface area contributed by atoms with Gasteiger partial charge in [-0.15, -0.1) is 28.3 Å². The smallest absolute Gasteiger partial charge is 0.183 e. The molecule has 1 rings (SSSR count). The molecule has 0 bridgehead atoms. The first-order chi connectivity index (χ1) is 3.83. The summed E-state index contributed by atoms with van der Waals surface area (Å²) in [7, 11) is 0. The summed E-state index contributed by atoms with van der Waals surface area (Å²) in [6.07, 6.45) is 1.69.